The largest absolute Gasteiger partial charge is 0.493 e. The zero-order valence-electron chi connectivity index (χ0n) is 13.7. The number of carbonyl (C=O) groups is 3. The molecule has 2 fully saturated rings. The monoisotopic (exact) mass is 345 g/mol. The third-order valence-corrected chi connectivity index (χ3v) is 4.91. The van der Waals surface area contributed by atoms with Gasteiger partial charge in [0.1, 0.15) is 12.3 Å². The first kappa shape index (κ1) is 15.9. The third-order valence-electron chi connectivity index (χ3n) is 4.91. The standard InChI is InChI=1S/C17H19N3O5/c21-14(19-6-9-24-10-7-19)11-20-15(22)17(18-16(20)23)5-8-25-13-4-2-1-3-12(13)17/h1-4H,5-11H2,(H,18,23). The Balaban J connectivity index is 1.58. The Morgan fingerprint density at radius 3 is 2.72 bits per heavy atom. The van der Waals surface area contributed by atoms with Crippen molar-refractivity contribution in [1.29, 1.82) is 0 Å². The number of nitrogens with one attached hydrogen (secondary N) is 1. The van der Waals surface area contributed by atoms with Crippen LogP contribution in [0.4, 0.5) is 4.79 Å². The molecule has 4 rings (SSSR count). The van der Waals surface area contributed by atoms with Gasteiger partial charge in [-0.1, -0.05) is 18.2 Å². The number of imide groups is 1. The summed E-state index contributed by atoms with van der Waals surface area (Å²) in [6.07, 6.45) is 0.344. The van der Waals surface area contributed by atoms with Gasteiger partial charge in [0.25, 0.3) is 5.91 Å². The fourth-order valence-corrected chi connectivity index (χ4v) is 3.56. The van der Waals surface area contributed by atoms with Gasteiger partial charge in [0.15, 0.2) is 5.54 Å². The molecule has 1 aromatic rings. The van der Waals surface area contributed by atoms with Crippen molar-refractivity contribution in [3.63, 3.8) is 0 Å². The summed E-state index contributed by atoms with van der Waals surface area (Å²) >= 11 is 0. The van der Waals surface area contributed by atoms with E-state index in [1.807, 2.05) is 6.07 Å². The summed E-state index contributed by atoms with van der Waals surface area (Å²) in [6.45, 7) is 1.97. The van der Waals surface area contributed by atoms with Gasteiger partial charge in [-0.2, -0.15) is 0 Å². The second kappa shape index (κ2) is 6.03. The molecule has 3 aliphatic rings. The summed E-state index contributed by atoms with van der Waals surface area (Å²) < 4.78 is 10.8. The van der Waals surface area contributed by atoms with Crippen molar-refractivity contribution in [2.75, 3.05) is 39.5 Å². The first-order valence-electron chi connectivity index (χ1n) is 8.34. The quantitative estimate of drug-likeness (QED) is 0.767. The fourth-order valence-electron chi connectivity index (χ4n) is 3.56. The molecule has 3 heterocycles. The van der Waals surface area contributed by atoms with Crippen LogP contribution in [-0.4, -0.2) is 67.1 Å². The Hall–Kier alpha value is -2.61. The predicted molar refractivity (Wildman–Crippen MR) is 85.9 cm³/mol. The molecule has 0 aromatic heterocycles. The summed E-state index contributed by atoms with van der Waals surface area (Å²) in [5.74, 6) is -0.0530. The maximum atomic E-state index is 13.1. The van der Waals surface area contributed by atoms with Gasteiger partial charge in [-0.3, -0.25) is 14.5 Å². The van der Waals surface area contributed by atoms with Crippen molar-refractivity contribution in [1.82, 2.24) is 15.1 Å². The Morgan fingerprint density at radius 2 is 1.92 bits per heavy atom. The molecule has 1 unspecified atom stereocenters. The molecule has 0 aliphatic carbocycles. The van der Waals surface area contributed by atoms with Gasteiger partial charge in [0.2, 0.25) is 5.91 Å². The van der Waals surface area contributed by atoms with Crippen molar-refractivity contribution < 1.29 is 23.9 Å². The number of hydrogen-bond donors (Lipinski definition) is 1. The number of morpholine rings is 1. The van der Waals surface area contributed by atoms with E-state index in [2.05, 4.69) is 5.32 Å². The second-order valence-electron chi connectivity index (χ2n) is 6.31. The van der Waals surface area contributed by atoms with Crippen molar-refractivity contribution in [3.8, 4) is 5.75 Å². The van der Waals surface area contributed by atoms with Crippen LogP contribution in [0.15, 0.2) is 24.3 Å². The number of fused-ring (bicyclic) bond motifs is 2. The van der Waals surface area contributed by atoms with E-state index in [0.29, 0.717) is 50.6 Å². The Morgan fingerprint density at radius 1 is 1.16 bits per heavy atom. The van der Waals surface area contributed by atoms with Crippen LogP contribution < -0.4 is 10.1 Å². The molecule has 8 heteroatoms. The highest BCUT2D eigenvalue weighted by molar-refractivity contribution is 6.09. The molecule has 1 aromatic carbocycles. The fraction of sp³-hybridized carbons (Fsp3) is 0.471. The lowest BCUT2D eigenvalue weighted by molar-refractivity contribution is -0.141. The number of benzene rings is 1. The first-order valence-corrected chi connectivity index (χ1v) is 8.34. The molecule has 3 aliphatic heterocycles. The molecule has 25 heavy (non-hydrogen) atoms. The van der Waals surface area contributed by atoms with E-state index in [4.69, 9.17) is 9.47 Å². The highest BCUT2D eigenvalue weighted by atomic mass is 16.5. The minimum atomic E-state index is -1.14. The van der Waals surface area contributed by atoms with E-state index >= 15 is 0 Å². The highest BCUT2D eigenvalue weighted by Gasteiger charge is 2.55. The lowest BCUT2D eigenvalue weighted by Gasteiger charge is -2.33. The number of amides is 4. The SMILES string of the molecule is O=C(CN1C(=O)NC2(CCOc3ccccc32)C1=O)N1CCOCC1. The number of rotatable bonds is 2. The second-order valence-corrected chi connectivity index (χ2v) is 6.31. The molecule has 0 saturated carbocycles. The van der Waals surface area contributed by atoms with Crippen LogP contribution in [0.1, 0.15) is 12.0 Å². The molecule has 1 atom stereocenters. The predicted octanol–water partition coefficient (Wildman–Crippen LogP) is 0.0750. The number of nitrogens with zero attached hydrogens (tertiary/aromatic N) is 2. The molecular formula is C17H19N3O5. The molecule has 2 saturated heterocycles. The lowest BCUT2D eigenvalue weighted by atomic mass is 9.84. The van der Waals surface area contributed by atoms with Crippen molar-refractivity contribution >= 4 is 17.8 Å². The molecule has 0 bridgehead atoms. The Bertz CT molecular complexity index is 731. The van der Waals surface area contributed by atoms with Crippen LogP contribution in [0.5, 0.6) is 5.75 Å². The average molecular weight is 345 g/mol. The number of urea groups is 1. The summed E-state index contributed by atoms with van der Waals surface area (Å²) in [5.41, 5.74) is -0.502. The maximum Gasteiger partial charge on any atom is 0.325 e. The Labute approximate surface area is 144 Å². The van der Waals surface area contributed by atoms with Gasteiger partial charge < -0.3 is 19.7 Å². The van der Waals surface area contributed by atoms with Crippen molar-refractivity contribution in [3.05, 3.63) is 29.8 Å². The van der Waals surface area contributed by atoms with Crippen LogP contribution in [0, 0.1) is 0 Å². The maximum absolute atomic E-state index is 13.1. The third kappa shape index (κ3) is 2.53. The average Bonchev–Trinajstić information content (AvgIpc) is 2.88. The Kier molecular flexibility index (Phi) is 3.84. The molecule has 132 valence electrons. The van der Waals surface area contributed by atoms with E-state index in [9.17, 15) is 14.4 Å². The molecule has 8 nitrogen and oxygen atoms in total. The zero-order valence-corrected chi connectivity index (χ0v) is 13.7. The normalized spacial score (nSPS) is 25.6. The summed E-state index contributed by atoms with van der Waals surface area (Å²) in [6, 6.07) is 6.63. The van der Waals surface area contributed by atoms with Crippen molar-refractivity contribution in [2.45, 2.75) is 12.0 Å². The number of hydrogen-bond acceptors (Lipinski definition) is 5. The van der Waals surface area contributed by atoms with Gasteiger partial charge in [0.05, 0.1) is 19.8 Å². The van der Waals surface area contributed by atoms with Crippen LogP contribution in [0.2, 0.25) is 0 Å². The minimum Gasteiger partial charge on any atom is -0.493 e. The van der Waals surface area contributed by atoms with E-state index < -0.39 is 17.5 Å². The summed E-state index contributed by atoms with van der Waals surface area (Å²) in [4.78, 5) is 40.6. The van der Waals surface area contributed by atoms with Gasteiger partial charge in [-0.25, -0.2) is 4.79 Å². The van der Waals surface area contributed by atoms with E-state index in [1.165, 1.54) is 0 Å². The lowest BCUT2D eigenvalue weighted by Crippen LogP contribution is -2.49. The van der Waals surface area contributed by atoms with Gasteiger partial charge in [0, 0.05) is 25.1 Å². The summed E-state index contributed by atoms with van der Waals surface area (Å²) in [5, 5.41) is 2.80. The van der Waals surface area contributed by atoms with E-state index in [0.717, 1.165) is 4.90 Å². The van der Waals surface area contributed by atoms with Crippen LogP contribution in [0.25, 0.3) is 0 Å². The van der Waals surface area contributed by atoms with Gasteiger partial charge in [-0.05, 0) is 6.07 Å². The smallest absolute Gasteiger partial charge is 0.325 e. The molecule has 1 N–H and O–H groups in total. The molecule has 0 radical (unpaired) electrons. The number of carbonyl (C=O) groups excluding carboxylic acids is 3. The number of para-hydroxylation sites is 1. The topological polar surface area (TPSA) is 88.2 Å². The molecule has 1 spiro atoms. The van der Waals surface area contributed by atoms with Crippen LogP contribution in [-0.2, 0) is 19.9 Å². The van der Waals surface area contributed by atoms with E-state index in [1.54, 1.807) is 23.1 Å². The molecular weight excluding hydrogens is 326 g/mol. The highest BCUT2D eigenvalue weighted by Crippen LogP contribution is 2.40. The summed E-state index contributed by atoms with van der Waals surface area (Å²) in [7, 11) is 0. The zero-order chi connectivity index (χ0) is 17.4. The van der Waals surface area contributed by atoms with Crippen LogP contribution in [0.3, 0.4) is 0 Å². The first-order chi connectivity index (χ1) is 12.1. The number of ether oxygens (including phenoxy) is 2. The minimum absolute atomic E-state index is 0.246. The van der Waals surface area contributed by atoms with Crippen LogP contribution >= 0.6 is 0 Å². The molecule has 4 amide bonds. The van der Waals surface area contributed by atoms with Crippen molar-refractivity contribution in [2.24, 2.45) is 0 Å². The van der Waals surface area contributed by atoms with Gasteiger partial charge in [-0.15, -0.1) is 0 Å². The van der Waals surface area contributed by atoms with Gasteiger partial charge >= 0.3 is 6.03 Å². The van der Waals surface area contributed by atoms with E-state index in [-0.39, 0.29) is 12.5 Å².